The highest BCUT2D eigenvalue weighted by Gasteiger charge is 2.30. The molecule has 2 rings (SSSR count). The number of hydrogen-bond acceptors (Lipinski definition) is 2. The van der Waals surface area contributed by atoms with Gasteiger partial charge in [0.25, 0.3) is 7.37 Å². The molecule has 0 radical (unpaired) electrons. The van der Waals surface area contributed by atoms with Crippen molar-refractivity contribution in [2.45, 2.75) is 52.1 Å². The lowest BCUT2D eigenvalue weighted by molar-refractivity contribution is 0.217. The number of benzene rings is 2. The molecule has 0 bridgehead atoms. The SMILES string of the molecule is CCCCCC[C@@H](C)OP(=O)(c1ccccc1)c1ccccc1. The van der Waals surface area contributed by atoms with E-state index in [9.17, 15) is 4.57 Å². The average molecular weight is 330 g/mol. The molecule has 0 fully saturated rings. The van der Waals surface area contributed by atoms with Gasteiger partial charge in [0.15, 0.2) is 0 Å². The van der Waals surface area contributed by atoms with Crippen molar-refractivity contribution in [3.63, 3.8) is 0 Å². The summed E-state index contributed by atoms with van der Waals surface area (Å²) < 4.78 is 19.8. The highest BCUT2D eigenvalue weighted by Crippen LogP contribution is 2.46. The fourth-order valence-electron chi connectivity index (χ4n) is 2.68. The fraction of sp³-hybridized carbons (Fsp3) is 0.400. The zero-order valence-corrected chi connectivity index (χ0v) is 15.0. The third kappa shape index (κ3) is 5.06. The summed E-state index contributed by atoms with van der Waals surface area (Å²) >= 11 is 0. The first kappa shape index (κ1) is 18.0. The maximum Gasteiger partial charge on any atom is 0.261 e. The summed E-state index contributed by atoms with van der Waals surface area (Å²) in [5.74, 6) is 0. The van der Waals surface area contributed by atoms with Crippen LogP contribution in [0.2, 0.25) is 0 Å². The van der Waals surface area contributed by atoms with Gasteiger partial charge in [-0.15, -0.1) is 0 Å². The van der Waals surface area contributed by atoms with Gasteiger partial charge in [0.2, 0.25) is 0 Å². The predicted molar refractivity (Wildman–Crippen MR) is 99.1 cm³/mol. The van der Waals surface area contributed by atoms with E-state index in [1.165, 1.54) is 19.3 Å². The molecule has 124 valence electrons. The smallest absolute Gasteiger partial charge is 0.261 e. The van der Waals surface area contributed by atoms with Crippen molar-refractivity contribution < 1.29 is 9.09 Å². The molecule has 23 heavy (non-hydrogen) atoms. The Morgan fingerprint density at radius 1 is 0.870 bits per heavy atom. The Labute approximate surface area is 140 Å². The Morgan fingerprint density at radius 3 is 1.87 bits per heavy atom. The third-order valence-electron chi connectivity index (χ3n) is 3.98. The quantitative estimate of drug-likeness (QED) is 0.461. The van der Waals surface area contributed by atoms with Gasteiger partial charge in [0, 0.05) is 10.6 Å². The molecule has 1 atom stereocenters. The van der Waals surface area contributed by atoms with Crippen LogP contribution >= 0.6 is 7.37 Å². The zero-order valence-electron chi connectivity index (χ0n) is 14.2. The molecule has 0 aromatic heterocycles. The summed E-state index contributed by atoms with van der Waals surface area (Å²) in [5.41, 5.74) is 0. The summed E-state index contributed by atoms with van der Waals surface area (Å²) in [5, 5.41) is 1.54. The maximum atomic E-state index is 13.7. The molecule has 0 amide bonds. The van der Waals surface area contributed by atoms with E-state index in [4.69, 9.17) is 4.52 Å². The molecule has 0 N–H and O–H groups in total. The molecule has 0 unspecified atom stereocenters. The Balaban J connectivity index is 2.17. The topological polar surface area (TPSA) is 26.3 Å². The van der Waals surface area contributed by atoms with Crippen LogP contribution in [0.25, 0.3) is 0 Å². The van der Waals surface area contributed by atoms with Crippen molar-refractivity contribution in [1.29, 1.82) is 0 Å². The third-order valence-corrected chi connectivity index (χ3v) is 6.60. The minimum Gasteiger partial charge on any atom is -0.319 e. The Kier molecular flexibility index (Phi) is 7.08. The van der Waals surface area contributed by atoms with Crippen LogP contribution in [0, 0.1) is 0 Å². The predicted octanol–water partition coefficient (Wildman–Crippen LogP) is 5.29. The molecule has 2 aromatic carbocycles. The largest absolute Gasteiger partial charge is 0.319 e. The molecule has 2 nitrogen and oxygen atoms in total. The van der Waals surface area contributed by atoms with E-state index in [2.05, 4.69) is 6.92 Å². The lowest BCUT2D eigenvalue weighted by Crippen LogP contribution is -2.21. The van der Waals surface area contributed by atoms with Crippen LogP contribution in [0.1, 0.15) is 46.0 Å². The van der Waals surface area contributed by atoms with Crippen molar-refractivity contribution >= 4 is 18.0 Å². The minimum absolute atomic E-state index is 0.0156. The van der Waals surface area contributed by atoms with E-state index in [0.29, 0.717) is 0 Å². The average Bonchev–Trinajstić information content (AvgIpc) is 2.60. The monoisotopic (exact) mass is 330 g/mol. The number of rotatable bonds is 9. The van der Waals surface area contributed by atoms with Crippen molar-refractivity contribution in [3.05, 3.63) is 60.7 Å². The van der Waals surface area contributed by atoms with Gasteiger partial charge < -0.3 is 4.52 Å². The summed E-state index contributed by atoms with van der Waals surface area (Å²) in [7, 11) is -3.04. The van der Waals surface area contributed by atoms with Crippen LogP contribution in [0.3, 0.4) is 0 Å². The van der Waals surface area contributed by atoms with E-state index >= 15 is 0 Å². The van der Waals surface area contributed by atoms with E-state index < -0.39 is 7.37 Å². The van der Waals surface area contributed by atoms with E-state index in [0.717, 1.165) is 23.5 Å². The van der Waals surface area contributed by atoms with Crippen molar-refractivity contribution in [2.24, 2.45) is 0 Å². The molecular weight excluding hydrogens is 303 g/mol. The van der Waals surface area contributed by atoms with Crippen LogP contribution in [0.15, 0.2) is 60.7 Å². The molecule has 3 heteroatoms. The van der Waals surface area contributed by atoms with E-state index in [-0.39, 0.29) is 6.10 Å². The van der Waals surface area contributed by atoms with Gasteiger partial charge in [-0.3, -0.25) is 4.57 Å². The van der Waals surface area contributed by atoms with Gasteiger partial charge in [-0.25, -0.2) is 0 Å². The second-order valence-corrected chi connectivity index (χ2v) is 8.33. The Morgan fingerprint density at radius 2 is 1.39 bits per heavy atom. The number of unbranched alkanes of at least 4 members (excludes halogenated alkanes) is 3. The summed E-state index contributed by atoms with van der Waals surface area (Å²) in [6.07, 6.45) is 5.75. The molecular formula is C20H27O2P. The van der Waals surface area contributed by atoms with E-state index in [1.54, 1.807) is 0 Å². The van der Waals surface area contributed by atoms with Crippen LogP contribution in [0.4, 0.5) is 0 Å². The molecule has 0 heterocycles. The first-order valence-electron chi connectivity index (χ1n) is 8.56. The second-order valence-electron chi connectivity index (χ2n) is 5.99. The second kappa shape index (κ2) is 9.05. The molecule has 0 aliphatic carbocycles. The first-order chi connectivity index (χ1) is 11.2. The van der Waals surface area contributed by atoms with Gasteiger partial charge in [-0.2, -0.15) is 0 Å². The van der Waals surface area contributed by atoms with Crippen molar-refractivity contribution in [2.75, 3.05) is 0 Å². The summed E-state index contributed by atoms with van der Waals surface area (Å²) in [6, 6.07) is 19.1. The fourth-order valence-corrected chi connectivity index (χ4v) is 4.97. The molecule has 0 saturated carbocycles. The standard InChI is InChI=1S/C20H27O2P/c1-3-4-5-8-13-18(2)22-23(21,19-14-9-6-10-15-19)20-16-11-7-12-17-20/h6-7,9-12,14-18H,3-5,8,13H2,1-2H3/t18-/m1/s1. The lowest BCUT2D eigenvalue weighted by atomic mass is 10.1. The molecule has 0 saturated heterocycles. The van der Waals surface area contributed by atoms with E-state index in [1.807, 2.05) is 67.6 Å². The first-order valence-corrected chi connectivity index (χ1v) is 10.2. The van der Waals surface area contributed by atoms with Gasteiger partial charge in [-0.1, -0.05) is 69.0 Å². The van der Waals surface area contributed by atoms with Crippen molar-refractivity contribution in [1.82, 2.24) is 0 Å². The molecule has 0 spiro atoms. The van der Waals surface area contributed by atoms with Gasteiger partial charge in [-0.05, 0) is 37.6 Å². The maximum absolute atomic E-state index is 13.7. The highest BCUT2D eigenvalue weighted by molar-refractivity contribution is 7.74. The molecule has 0 aliphatic rings. The van der Waals surface area contributed by atoms with Crippen LogP contribution < -0.4 is 10.6 Å². The Bertz CT molecular complexity index is 567. The van der Waals surface area contributed by atoms with Crippen LogP contribution in [-0.2, 0) is 9.09 Å². The number of hydrogen-bond donors (Lipinski definition) is 0. The summed E-state index contributed by atoms with van der Waals surface area (Å²) in [4.78, 5) is 0. The van der Waals surface area contributed by atoms with Crippen LogP contribution in [0.5, 0.6) is 0 Å². The summed E-state index contributed by atoms with van der Waals surface area (Å²) in [6.45, 7) is 4.24. The molecule has 2 aromatic rings. The van der Waals surface area contributed by atoms with Gasteiger partial charge >= 0.3 is 0 Å². The normalized spacial score (nSPS) is 13.0. The van der Waals surface area contributed by atoms with Crippen molar-refractivity contribution in [3.8, 4) is 0 Å². The molecule has 0 aliphatic heterocycles. The van der Waals surface area contributed by atoms with Crippen LogP contribution in [-0.4, -0.2) is 6.10 Å². The lowest BCUT2D eigenvalue weighted by Gasteiger charge is -2.23. The Hall–Kier alpha value is -1.37. The minimum atomic E-state index is -3.04. The van der Waals surface area contributed by atoms with Gasteiger partial charge in [0.1, 0.15) is 0 Å². The zero-order chi connectivity index (χ0) is 16.5. The highest BCUT2D eigenvalue weighted by atomic mass is 31.2. The van der Waals surface area contributed by atoms with Gasteiger partial charge in [0.05, 0.1) is 6.10 Å².